The van der Waals surface area contributed by atoms with Crippen LogP contribution in [0.15, 0.2) is 36.5 Å². The topological polar surface area (TPSA) is 77.8 Å². The minimum Gasteiger partial charge on any atom is -0.497 e. The lowest BCUT2D eigenvalue weighted by Crippen LogP contribution is -2.16. The van der Waals surface area contributed by atoms with E-state index in [1.54, 1.807) is 55.3 Å². The molecule has 0 bridgehead atoms. The Morgan fingerprint density at radius 2 is 1.88 bits per heavy atom. The molecule has 2 heterocycles. The second-order valence-electron chi connectivity index (χ2n) is 5.14. The summed E-state index contributed by atoms with van der Waals surface area (Å²) in [6.45, 7) is 2.01. The summed E-state index contributed by atoms with van der Waals surface area (Å²) < 4.78 is 12.1. The molecule has 0 aliphatic heterocycles. The summed E-state index contributed by atoms with van der Waals surface area (Å²) in [5.41, 5.74) is 2.46. The lowest BCUT2D eigenvalue weighted by molar-refractivity contribution is 0.102. The number of nitrogens with zero attached hydrogens (tertiary/aromatic N) is 3. The number of fused-ring (bicyclic) bond motifs is 1. The number of aromatic nitrogens is 3. The van der Waals surface area contributed by atoms with Gasteiger partial charge >= 0.3 is 0 Å². The predicted octanol–water partition coefficient (Wildman–Crippen LogP) is 2.56. The van der Waals surface area contributed by atoms with Gasteiger partial charge in [-0.2, -0.15) is 5.10 Å². The number of aryl methyl sites for hydroxylation is 1. The van der Waals surface area contributed by atoms with E-state index in [0.717, 1.165) is 12.1 Å². The van der Waals surface area contributed by atoms with E-state index in [0.29, 0.717) is 28.5 Å². The molecule has 3 rings (SSSR count). The quantitative estimate of drug-likeness (QED) is 0.779. The molecule has 0 aliphatic carbocycles. The van der Waals surface area contributed by atoms with Gasteiger partial charge in [-0.25, -0.2) is 9.50 Å². The van der Waals surface area contributed by atoms with Crippen LogP contribution in [-0.2, 0) is 6.42 Å². The fraction of sp³-hybridized carbons (Fsp3) is 0.235. The first-order valence-electron chi connectivity index (χ1n) is 7.52. The van der Waals surface area contributed by atoms with E-state index in [1.807, 2.05) is 6.92 Å². The van der Waals surface area contributed by atoms with Gasteiger partial charge in [0.05, 0.1) is 20.4 Å². The average molecular weight is 326 g/mol. The molecule has 0 saturated carbocycles. The summed E-state index contributed by atoms with van der Waals surface area (Å²) >= 11 is 0. The Morgan fingerprint density at radius 1 is 1.17 bits per heavy atom. The maximum atomic E-state index is 12.6. The van der Waals surface area contributed by atoms with Gasteiger partial charge in [0.1, 0.15) is 17.2 Å². The number of carbonyl (C=O) groups is 1. The zero-order valence-corrected chi connectivity index (χ0v) is 13.7. The third-order valence-corrected chi connectivity index (χ3v) is 3.64. The van der Waals surface area contributed by atoms with Gasteiger partial charge < -0.3 is 14.8 Å². The van der Waals surface area contributed by atoms with Crippen LogP contribution in [0.3, 0.4) is 0 Å². The van der Waals surface area contributed by atoms with Crippen LogP contribution in [0.25, 0.3) is 5.65 Å². The van der Waals surface area contributed by atoms with Crippen molar-refractivity contribution in [1.29, 1.82) is 0 Å². The van der Waals surface area contributed by atoms with Gasteiger partial charge in [0.2, 0.25) is 0 Å². The summed E-state index contributed by atoms with van der Waals surface area (Å²) in [4.78, 5) is 16.9. The molecule has 0 radical (unpaired) electrons. The number of anilines is 1. The summed E-state index contributed by atoms with van der Waals surface area (Å²) in [5.74, 6) is 0.889. The largest absolute Gasteiger partial charge is 0.497 e. The number of nitrogens with one attached hydrogen (secondary N) is 1. The lowest BCUT2D eigenvalue weighted by Gasteiger charge is -2.10. The van der Waals surface area contributed by atoms with Crippen molar-refractivity contribution in [2.24, 2.45) is 0 Å². The van der Waals surface area contributed by atoms with Crippen molar-refractivity contribution in [2.75, 3.05) is 19.5 Å². The van der Waals surface area contributed by atoms with E-state index < -0.39 is 0 Å². The van der Waals surface area contributed by atoms with Crippen LogP contribution < -0.4 is 14.8 Å². The molecule has 0 spiro atoms. The van der Waals surface area contributed by atoms with Crippen LogP contribution in [0, 0.1) is 0 Å². The van der Waals surface area contributed by atoms with Crippen molar-refractivity contribution in [3.8, 4) is 11.5 Å². The number of amides is 1. The SMILES string of the molecule is CCc1cc(C(=O)Nc2cc(OC)cc(OC)c2)nc2ccnn12. The van der Waals surface area contributed by atoms with Gasteiger partial charge in [-0.05, 0) is 12.5 Å². The second-order valence-corrected chi connectivity index (χ2v) is 5.14. The predicted molar refractivity (Wildman–Crippen MR) is 89.9 cm³/mol. The van der Waals surface area contributed by atoms with Crippen LogP contribution in [0.5, 0.6) is 11.5 Å². The number of carbonyl (C=O) groups excluding carboxylic acids is 1. The molecule has 0 fully saturated rings. The number of hydrogen-bond donors (Lipinski definition) is 1. The Morgan fingerprint density at radius 3 is 2.50 bits per heavy atom. The second kappa shape index (κ2) is 6.57. The van der Waals surface area contributed by atoms with Crippen molar-refractivity contribution in [3.05, 3.63) is 47.9 Å². The molecule has 0 aliphatic rings. The molecule has 124 valence electrons. The molecule has 0 atom stereocenters. The van der Waals surface area contributed by atoms with Crippen molar-refractivity contribution >= 4 is 17.2 Å². The maximum absolute atomic E-state index is 12.6. The first-order valence-corrected chi connectivity index (χ1v) is 7.52. The van der Waals surface area contributed by atoms with Crippen molar-refractivity contribution in [1.82, 2.24) is 14.6 Å². The third-order valence-electron chi connectivity index (χ3n) is 3.64. The summed E-state index contributed by atoms with van der Waals surface area (Å²) in [6.07, 6.45) is 2.41. The van der Waals surface area contributed by atoms with Crippen LogP contribution in [0.1, 0.15) is 23.1 Å². The number of hydrogen-bond acceptors (Lipinski definition) is 5. The molecule has 0 unspecified atom stereocenters. The molecule has 1 N–H and O–H groups in total. The molecule has 3 aromatic rings. The van der Waals surface area contributed by atoms with E-state index in [2.05, 4.69) is 15.4 Å². The first-order chi connectivity index (χ1) is 11.6. The maximum Gasteiger partial charge on any atom is 0.274 e. The van der Waals surface area contributed by atoms with E-state index in [4.69, 9.17) is 9.47 Å². The Labute approximate surface area is 139 Å². The molecule has 7 heteroatoms. The van der Waals surface area contributed by atoms with Crippen LogP contribution in [0.4, 0.5) is 5.69 Å². The van der Waals surface area contributed by atoms with Crippen molar-refractivity contribution < 1.29 is 14.3 Å². The van der Waals surface area contributed by atoms with E-state index >= 15 is 0 Å². The van der Waals surface area contributed by atoms with Crippen molar-refractivity contribution in [3.63, 3.8) is 0 Å². The van der Waals surface area contributed by atoms with Gasteiger partial charge in [0, 0.05) is 35.6 Å². The summed E-state index contributed by atoms with van der Waals surface area (Å²) in [5, 5.41) is 7.03. The third kappa shape index (κ3) is 3.01. The molecule has 1 amide bonds. The molecule has 7 nitrogen and oxygen atoms in total. The Balaban J connectivity index is 1.92. The molecule has 2 aromatic heterocycles. The molecular weight excluding hydrogens is 308 g/mol. The van der Waals surface area contributed by atoms with Gasteiger partial charge in [-0.1, -0.05) is 6.92 Å². The van der Waals surface area contributed by atoms with Crippen LogP contribution in [-0.4, -0.2) is 34.7 Å². The monoisotopic (exact) mass is 326 g/mol. The zero-order chi connectivity index (χ0) is 17.1. The highest BCUT2D eigenvalue weighted by Gasteiger charge is 2.13. The highest BCUT2D eigenvalue weighted by atomic mass is 16.5. The summed E-state index contributed by atoms with van der Waals surface area (Å²) in [7, 11) is 3.12. The number of rotatable bonds is 5. The smallest absolute Gasteiger partial charge is 0.274 e. The zero-order valence-electron chi connectivity index (χ0n) is 13.7. The minimum atomic E-state index is -0.302. The van der Waals surface area contributed by atoms with E-state index in [-0.39, 0.29) is 5.91 Å². The Kier molecular flexibility index (Phi) is 4.33. The van der Waals surface area contributed by atoms with E-state index in [1.165, 1.54) is 0 Å². The standard InChI is InChI=1S/C17H18N4O3/c1-4-12-9-15(20-16-5-6-18-21(12)16)17(22)19-11-7-13(23-2)10-14(8-11)24-3/h5-10H,4H2,1-3H3,(H,19,22). The fourth-order valence-electron chi connectivity index (χ4n) is 2.42. The number of ether oxygens (including phenoxy) is 2. The van der Waals surface area contributed by atoms with Gasteiger partial charge in [0.25, 0.3) is 5.91 Å². The average Bonchev–Trinajstić information content (AvgIpc) is 3.08. The van der Waals surface area contributed by atoms with Gasteiger partial charge in [-0.15, -0.1) is 0 Å². The van der Waals surface area contributed by atoms with Crippen molar-refractivity contribution in [2.45, 2.75) is 13.3 Å². The molecule has 1 aromatic carbocycles. The normalized spacial score (nSPS) is 10.6. The first kappa shape index (κ1) is 15.8. The Bertz CT molecular complexity index is 866. The number of methoxy groups -OCH3 is 2. The number of benzene rings is 1. The Hall–Kier alpha value is -3.09. The molecule has 0 saturated heterocycles. The molecule has 24 heavy (non-hydrogen) atoms. The highest BCUT2D eigenvalue weighted by molar-refractivity contribution is 6.03. The van der Waals surface area contributed by atoms with Crippen LogP contribution in [0.2, 0.25) is 0 Å². The summed E-state index contributed by atoms with van der Waals surface area (Å²) in [6, 6.07) is 8.69. The van der Waals surface area contributed by atoms with Gasteiger partial charge in [-0.3, -0.25) is 4.79 Å². The van der Waals surface area contributed by atoms with Crippen LogP contribution >= 0.6 is 0 Å². The highest BCUT2D eigenvalue weighted by Crippen LogP contribution is 2.26. The van der Waals surface area contributed by atoms with E-state index in [9.17, 15) is 4.79 Å². The lowest BCUT2D eigenvalue weighted by atomic mass is 10.2. The minimum absolute atomic E-state index is 0.302. The fourth-order valence-corrected chi connectivity index (χ4v) is 2.42. The molecular formula is C17H18N4O3. The van der Waals surface area contributed by atoms with Gasteiger partial charge in [0.15, 0.2) is 5.65 Å².